The average molecular weight is 310 g/mol. The van der Waals surface area contributed by atoms with Crippen LogP contribution in [0.3, 0.4) is 0 Å². The molecule has 2 heterocycles. The molecule has 1 atom stereocenters. The number of carboxylic acid groups (broad SMARTS) is 1. The fraction of sp³-hybridized carbons (Fsp3) is 0.462. The van der Waals surface area contributed by atoms with Gasteiger partial charge in [-0.2, -0.15) is 0 Å². The third-order valence-electron chi connectivity index (χ3n) is 3.60. The van der Waals surface area contributed by atoms with E-state index in [1.807, 2.05) is 5.38 Å². The Hall–Kier alpha value is -1.34. The highest BCUT2D eigenvalue weighted by molar-refractivity contribution is 7.99. The van der Waals surface area contributed by atoms with Crippen LogP contribution in [0.2, 0.25) is 0 Å². The number of aliphatic carboxylic acids is 1. The molecule has 0 radical (unpaired) electrons. The molecular weight excluding hydrogens is 296 g/mol. The molecule has 0 spiro atoms. The Balaban J connectivity index is 2.12. The summed E-state index contributed by atoms with van der Waals surface area (Å²) in [4.78, 5) is 28.5. The zero-order valence-electron chi connectivity index (χ0n) is 11.1. The molecule has 20 heavy (non-hydrogen) atoms. The van der Waals surface area contributed by atoms with Crippen LogP contribution < -0.4 is 5.56 Å². The van der Waals surface area contributed by atoms with Crippen molar-refractivity contribution in [3.8, 4) is 0 Å². The highest BCUT2D eigenvalue weighted by Crippen LogP contribution is 2.55. The second-order valence-electron chi connectivity index (χ2n) is 5.60. The predicted octanol–water partition coefficient (Wildman–Crippen LogP) is 2.61. The first-order valence-electron chi connectivity index (χ1n) is 6.24. The summed E-state index contributed by atoms with van der Waals surface area (Å²) in [7, 11) is 0. The van der Waals surface area contributed by atoms with Gasteiger partial charge >= 0.3 is 5.97 Å². The number of hydrogen-bond donors (Lipinski definition) is 1. The van der Waals surface area contributed by atoms with Crippen LogP contribution in [0.1, 0.15) is 26.3 Å². The van der Waals surface area contributed by atoms with Crippen LogP contribution in [-0.4, -0.2) is 26.4 Å². The lowest BCUT2D eigenvalue weighted by molar-refractivity contribution is -0.133. The number of fused-ring (bicyclic) bond motifs is 1. The molecule has 3 rings (SSSR count). The van der Waals surface area contributed by atoms with E-state index in [4.69, 9.17) is 5.11 Å². The fourth-order valence-electron chi connectivity index (χ4n) is 2.29. The largest absolute Gasteiger partial charge is 0.481 e. The van der Waals surface area contributed by atoms with Crippen molar-refractivity contribution in [2.75, 3.05) is 5.75 Å². The van der Waals surface area contributed by atoms with E-state index in [1.165, 1.54) is 11.3 Å². The fourth-order valence-corrected chi connectivity index (χ4v) is 3.86. The lowest BCUT2D eigenvalue weighted by atomic mass is 10.2. The maximum Gasteiger partial charge on any atom is 0.313 e. The van der Waals surface area contributed by atoms with Crippen LogP contribution in [0.5, 0.6) is 0 Å². The number of aromatic nitrogens is 2. The van der Waals surface area contributed by atoms with Crippen LogP contribution in [0.4, 0.5) is 0 Å². The second kappa shape index (κ2) is 4.60. The van der Waals surface area contributed by atoms with Crippen LogP contribution >= 0.6 is 23.1 Å². The Morgan fingerprint density at radius 3 is 2.95 bits per heavy atom. The van der Waals surface area contributed by atoms with Crippen molar-refractivity contribution in [1.82, 2.24) is 9.55 Å². The summed E-state index contributed by atoms with van der Waals surface area (Å²) in [5.41, 5.74) is 0.0213. The van der Waals surface area contributed by atoms with Gasteiger partial charge in [0, 0.05) is 6.04 Å². The summed E-state index contributed by atoms with van der Waals surface area (Å²) in [6.45, 7) is 4.21. The Bertz CT molecular complexity index is 748. The van der Waals surface area contributed by atoms with Crippen molar-refractivity contribution < 1.29 is 9.90 Å². The van der Waals surface area contributed by atoms with Gasteiger partial charge in [0.05, 0.1) is 11.1 Å². The van der Waals surface area contributed by atoms with Crippen molar-refractivity contribution in [3.05, 3.63) is 21.8 Å². The number of carbonyl (C=O) groups is 1. The summed E-state index contributed by atoms with van der Waals surface area (Å²) < 4.78 is 1.68. The summed E-state index contributed by atoms with van der Waals surface area (Å²) in [5.74, 6) is -0.992. The van der Waals surface area contributed by atoms with Gasteiger partial charge < -0.3 is 5.11 Å². The van der Waals surface area contributed by atoms with E-state index in [2.05, 4.69) is 18.8 Å². The van der Waals surface area contributed by atoms with Gasteiger partial charge in [0.1, 0.15) is 4.83 Å². The first kappa shape index (κ1) is 13.6. The number of rotatable bonds is 4. The van der Waals surface area contributed by atoms with Gasteiger partial charge in [0.25, 0.3) is 5.56 Å². The number of hydrogen-bond acceptors (Lipinski definition) is 5. The van der Waals surface area contributed by atoms with Crippen molar-refractivity contribution in [2.45, 2.75) is 31.5 Å². The number of thioether (sulfide) groups is 1. The maximum absolute atomic E-state index is 12.6. The molecule has 1 N–H and O–H groups in total. The normalized spacial score (nSPS) is 20.2. The molecule has 106 valence electrons. The second-order valence-corrected chi connectivity index (χ2v) is 7.44. The molecule has 7 heteroatoms. The lowest BCUT2D eigenvalue weighted by Crippen LogP contribution is -2.23. The highest BCUT2D eigenvalue weighted by Gasteiger charge is 2.48. The van der Waals surface area contributed by atoms with Crippen molar-refractivity contribution >= 4 is 39.3 Å². The standard InChI is InChI=1S/C13H14N2O3S2/c1-13(2)5-8(13)15-11(18)7-3-4-19-10(7)14-12(15)20-6-9(16)17/h3-4,8H,5-6H2,1-2H3,(H,16,17). The Labute approximate surface area is 123 Å². The van der Waals surface area contributed by atoms with E-state index >= 15 is 0 Å². The first-order valence-corrected chi connectivity index (χ1v) is 8.11. The minimum Gasteiger partial charge on any atom is -0.481 e. The van der Waals surface area contributed by atoms with Gasteiger partial charge in [-0.25, -0.2) is 4.98 Å². The van der Waals surface area contributed by atoms with E-state index in [9.17, 15) is 9.59 Å². The molecule has 0 aromatic carbocycles. The molecule has 0 bridgehead atoms. The number of nitrogens with zero attached hydrogens (tertiary/aromatic N) is 2. The van der Waals surface area contributed by atoms with E-state index in [0.717, 1.165) is 18.2 Å². The molecule has 1 aliphatic rings. The van der Waals surface area contributed by atoms with Gasteiger partial charge in [-0.3, -0.25) is 14.2 Å². The summed E-state index contributed by atoms with van der Waals surface area (Å²) in [6.07, 6.45) is 0.921. The zero-order chi connectivity index (χ0) is 14.5. The van der Waals surface area contributed by atoms with Gasteiger partial charge in [0.15, 0.2) is 5.16 Å². The molecule has 5 nitrogen and oxygen atoms in total. The van der Waals surface area contributed by atoms with E-state index < -0.39 is 5.97 Å². The van der Waals surface area contributed by atoms with Gasteiger partial charge in [-0.15, -0.1) is 11.3 Å². The minimum absolute atomic E-state index is 0.0558. The molecule has 1 aliphatic carbocycles. The van der Waals surface area contributed by atoms with Crippen LogP contribution in [0.15, 0.2) is 21.4 Å². The van der Waals surface area contributed by atoms with Gasteiger partial charge in [-0.1, -0.05) is 25.6 Å². The van der Waals surface area contributed by atoms with Crippen molar-refractivity contribution in [1.29, 1.82) is 0 Å². The Morgan fingerprint density at radius 2 is 2.35 bits per heavy atom. The molecule has 0 aliphatic heterocycles. The molecule has 1 saturated carbocycles. The lowest BCUT2D eigenvalue weighted by Gasteiger charge is -2.12. The smallest absolute Gasteiger partial charge is 0.313 e. The molecule has 0 amide bonds. The molecular formula is C13H14N2O3S2. The average Bonchev–Trinajstić information content (AvgIpc) is 2.79. The van der Waals surface area contributed by atoms with Crippen LogP contribution in [0, 0.1) is 5.41 Å². The van der Waals surface area contributed by atoms with Gasteiger partial charge in [-0.05, 0) is 23.3 Å². The molecule has 1 unspecified atom stereocenters. The van der Waals surface area contributed by atoms with Crippen LogP contribution in [-0.2, 0) is 4.79 Å². The highest BCUT2D eigenvalue weighted by atomic mass is 32.2. The van der Waals surface area contributed by atoms with Crippen molar-refractivity contribution in [3.63, 3.8) is 0 Å². The Morgan fingerprint density at radius 1 is 1.65 bits per heavy atom. The van der Waals surface area contributed by atoms with E-state index in [1.54, 1.807) is 10.6 Å². The monoisotopic (exact) mass is 310 g/mol. The summed E-state index contributed by atoms with van der Waals surface area (Å²) in [6, 6.07) is 1.90. The minimum atomic E-state index is -0.905. The van der Waals surface area contributed by atoms with E-state index in [-0.39, 0.29) is 22.8 Å². The summed E-state index contributed by atoms with van der Waals surface area (Å²) in [5, 5.41) is 11.8. The molecule has 1 fully saturated rings. The predicted molar refractivity (Wildman–Crippen MR) is 79.7 cm³/mol. The number of carboxylic acids is 1. The zero-order valence-corrected chi connectivity index (χ0v) is 12.8. The third-order valence-corrected chi connectivity index (χ3v) is 5.34. The first-order chi connectivity index (χ1) is 9.40. The SMILES string of the molecule is CC1(C)CC1n1c(SCC(=O)O)nc2sccc2c1=O. The Kier molecular flexibility index (Phi) is 3.13. The van der Waals surface area contributed by atoms with Crippen molar-refractivity contribution in [2.24, 2.45) is 5.41 Å². The van der Waals surface area contributed by atoms with E-state index in [0.29, 0.717) is 15.4 Å². The third kappa shape index (κ3) is 2.25. The number of thiophene rings is 1. The molecule has 2 aromatic heterocycles. The quantitative estimate of drug-likeness (QED) is 0.694. The van der Waals surface area contributed by atoms with Gasteiger partial charge in [0.2, 0.25) is 0 Å². The molecule has 0 saturated heterocycles. The van der Waals surface area contributed by atoms with Crippen LogP contribution in [0.25, 0.3) is 10.2 Å². The maximum atomic E-state index is 12.6. The summed E-state index contributed by atoms with van der Waals surface area (Å²) >= 11 is 2.52. The molecule has 2 aromatic rings. The topological polar surface area (TPSA) is 72.2 Å².